The van der Waals surface area contributed by atoms with Crippen molar-refractivity contribution in [3.63, 3.8) is 0 Å². The van der Waals surface area contributed by atoms with Gasteiger partial charge in [0.25, 0.3) is 0 Å². The lowest BCUT2D eigenvalue weighted by atomic mass is 10.3. The van der Waals surface area contributed by atoms with Crippen LogP contribution in [0.3, 0.4) is 0 Å². The molecule has 0 aliphatic carbocycles. The molecule has 0 aliphatic rings. The van der Waals surface area contributed by atoms with Gasteiger partial charge >= 0.3 is 12.0 Å². The summed E-state index contributed by atoms with van der Waals surface area (Å²) in [6.07, 6.45) is 3.33. The first-order valence-corrected chi connectivity index (χ1v) is 6.30. The second kappa shape index (κ2) is 5.50. The number of hydrogen-bond acceptors (Lipinski definition) is 5. The molecule has 0 saturated heterocycles. The van der Waals surface area contributed by atoms with Crippen LogP contribution in [0, 0.1) is 0 Å². The lowest BCUT2D eigenvalue weighted by Crippen LogP contribution is -2.02. The van der Waals surface area contributed by atoms with E-state index in [1.54, 1.807) is 23.9 Å². The van der Waals surface area contributed by atoms with Crippen molar-refractivity contribution in [2.45, 2.75) is 4.90 Å². The summed E-state index contributed by atoms with van der Waals surface area (Å²) in [6.45, 7) is 0. The lowest BCUT2D eigenvalue weighted by Gasteiger charge is -2.04. The standard InChI is InChI=1S/C12H10N2O3S/c1-18-9-4-2-8(3-5-9)17-12-13-7-6-10(14-12)11(15)16/h2-7H,1H3,(H,15,16). The van der Waals surface area contributed by atoms with Crippen LogP contribution in [0.25, 0.3) is 0 Å². The number of carboxylic acid groups (broad SMARTS) is 1. The first kappa shape index (κ1) is 12.4. The molecule has 5 nitrogen and oxygen atoms in total. The average Bonchev–Trinajstić information content (AvgIpc) is 2.40. The zero-order chi connectivity index (χ0) is 13.0. The molecule has 0 spiro atoms. The number of benzene rings is 1. The number of thioether (sulfide) groups is 1. The van der Waals surface area contributed by atoms with E-state index in [-0.39, 0.29) is 11.7 Å². The number of aromatic nitrogens is 2. The molecule has 0 fully saturated rings. The predicted molar refractivity (Wildman–Crippen MR) is 67.3 cm³/mol. The third-order valence-electron chi connectivity index (χ3n) is 2.12. The first-order chi connectivity index (χ1) is 8.69. The molecular weight excluding hydrogens is 252 g/mol. The molecule has 1 heterocycles. The van der Waals surface area contributed by atoms with Gasteiger partial charge in [-0.3, -0.25) is 0 Å². The van der Waals surface area contributed by atoms with Crippen molar-refractivity contribution in [3.05, 3.63) is 42.2 Å². The fraction of sp³-hybridized carbons (Fsp3) is 0.0833. The molecule has 1 aromatic heterocycles. The number of carboxylic acids is 1. The highest BCUT2D eigenvalue weighted by molar-refractivity contribution is 7.98. The van der Waals surface area contributed by atoms with Crippen LogP contribution >= 0.6 is 11.8 Å². The van der Waals surface area contributed by atoms with Gasteiger partial charge in [-0.1, -0.05) is 0 Å². The van der Waals surface area contributed by atoms with E-state index in [4.69, 9.17) is 9.84 Å². The van der Waals surface area contributed by atoms with Crippen LogP contribution in [0.4, 0.5) is 0 Å². The molecule has 0 unspecified atom stereocenters. The lowest BCUT2D eigenvalue weighted by molar-refractivity contribution is 0.0689. The number of rotatable bonds is 4. The Morgan fingerprint density at radius 3 is 2.61 bits per heavy atom. The molecule has 0 atom stereocenters. The Morgan fingerprint density at radius 1 is 1.28 bits per heavy atom. The normalized spacial score (nSPS) is 10.1. The smallest absolute Gasteiger partial charge is 0.354 e. The molecule has 92 valence electrons. The molecule has 2 aromatic rings. The highest BCUT2D eigenvalue weighted by atomic mass is 32.2. The van der Waals surface area contributed by atoms with Gasteiger partial charge in [0.05, 0.1) is 0 Å². The van der Waals surface area contributed by atoms with E-state index in [1.165, 1.54) is 12.3 Å². The number of carbonyl (C=O) groups is 1. The van der Waals surface area contributed by atoms with E-state index < -0.39 is 5.97 Å². The molecule has 0 bridgehead atoms. The maximum absolute atomic E-state index is 10.7. The van der Waals surface area contributed by atoms with Gasteiger partial charge in [-0.25, -0.2) is 9.78 Å². The second-order valence-electron chi connectivity index (χ2n) is 3.31. The van der Waals surface area contributed by atoms with Crippen molar-refractivity contribution in [2.24, 2.45) is 0 Å². The van der Waals surface area contributed by atoms with Gasteiger partial charge in [-0.15, -0.1) is 11.8 Å². The van der Waals surface area contributed by atoms with Crippen LogP contribution in [0.1, 0.15) is 10.5 Å². The average molecular weight is 262 g/mol. The van der Waals surface area contributed by atoms with Crippen LogP contribution in [0.5, 0.6) is 11.8 Å². The maximum Gasteiger partial charge on any atom is 0.354 e. The fourth-order valence-corrected chi connectivity index (χ4v) is 1.67. The number of ether oxygens (including phenoxy) is 1. The van der Waals surface area contributed by atoms with Crippen LogP contribution in [0.15, 0.2) is 41.4 Å². The Balaban J connectivity index is 2.17. The topological polar surface area (TPSA) is 72.3 Å². The van der Waals surface area contributed by atoms with Crippen LogP contribution in [-0.4, -0.2) is 27.3 Å². The molecule has 0 saturated carbocycles. The predicted octanol–water partition coefficient (Wildman–Crippen LogP) is 2.69. The summed E-state index contributed by atoms with van der Waals surface area (Å²) in [5, 5.41) is 8.80. The SMILES string of the molecule is CSc1ccc(Oc2nccc(C(=O)O)n2)cc1. The Morgan fingerprint density at radius 2 is 2.00 bits per heavy atom. The summed E-state index contributed by atoms with van der Waals surface area (Å²) >= 11 is 1.63. The summed E-state index contributed by atoms with van der Waals surface area (Å²) in [5.41, 5.74) is -0.0965. The van der Waals surface area contributed by atoms with E-state index in [9.17, 15) is 4.79 Å². The van der Waals surface area contributed by atoms with Gasteiger partial charge in [0.1, 0.15) is 5.75 Å². The van der Waals surface area contributed by atoms with Crippen LogP contribution < -0.4 is 4.74 Å². The minimum Gasteiger partial charge on any atom is -0.477 e. The number of aromatic carboxylic acids is 1. The first-order valence-electron chi connectivity index (χ1n) is 5.07. The van der Waals surface area contributed by atoms with E-state index in [1.807, 2.05) is 18.4 Å². The summed E-state index contributed by atoms with van der Waals surface area (Å²) in [7, 11) is 0. The zero-order valence-electron chi connectivity index (χ0n) is 9.53. The largest absolute Gasteiger partial charge is 0.477 e. The Bertz CT molecular complexity index is 558. The summed E-state index contributed by atoms with van der Waals surface area (Å²) in [5.74, 6) is -0.546. The summed E-state index contributed by atoms with van der Waals surface area (Å²) in [4.78, 5) is 19.5. The third-order valence-corrected chi connectivity index (χ3v) is 2.86. The minimum atomic E-state index is -1.11. The highest BCUT2D eigenvalue weighted by Crippen LogP contribution is 2.22. The molecule has 6 heteroatoms. The summed E-state index contributed by atoms with van der Waals surface area (Å²) in [6, 6.07) is 8.70. The Hall–Kier alpha value is -2.08. The van der Waals surface area contributed by atoms with E-state index >= 15 is 0 Å². The monoisotopic (exact) mass is 262 g/mol. The summed E-state index contributed by atoms with van der Waals surface area (Å²) < 4.78 is 5.37. The fourth-order valence-electron chi connectivity index (χ4n) is 1.26. The third kappa shape index (κ3) is 2.98. The van der Waals surface area contributed by atoms with Crippen molar-refractivity contribution < 1.29 is 14.6 Å². The molecule has 1 aromatic carbocycles. The maximum atomic E-state index is 10.7. The van der Waals surface area contributed by atoms with Gasteiger partial charge < -0.3 is 9.84 Å². The molecule has 2 rings (SSSR count). The van der Waals surface area contributed by atoms with E-state index in [0.29, 0.717) is 5.75 Å². The molecule has 1 N–H and O–H groups in total. The molecule has 0 radical (unpaired) electrons. The van der Waals surface area contributed by atoms with Crippen molar-refractivity contribution in [1.29, 1.82) is 0 Å². The van der Waals surface area contributed by atoms with Crippen LogP contribution in [0.2, 0.25) is 0 Å². The van der Waals surface area contributed by atoms with Crippen molar-refractivity contribution in [3.8, 4) is 11.8 Å². The number of hydrogen-bond donors (Lipinski definition) is 1. The Labute approximate surface area is 108 Å². The van der Waals surface area contributed by atoms with E-state index in [2.05, 4.69) is 9.97 Å². The van der Waals surface area contributed by atoms with Gasteiger partial charge in [0.15, 0.2) is 5.69 Å². The second-order valence-corrected chi connectivity index (χ2v) is 4.19. The van der Waals surface area contributed by atoms with Gasteiger partial charge in [-0.2, -0.15) is 4.98 Å². The number of nitrogens with zero attached hydrogens (tertiary/aromatic N) is 2. The zero-order valence-corrected chi connectivity index (χ0v) is 10.3. The van der Waals surface area contributed by atoms with Crippen molar-refractivity contribution in [1.82, 2.24) is 9.97 Å². The Kier molecular flexibility index (Phi) is 3.78. The van der Waals surface area contributed by atoms with E-state index in [0.717, 1.165) is 4.90 Å². The van der Waals surface area contributed by atoms with Crippen molar-refractivity contribution in [2.75, 3.05) is 6.26 Å². The van der Waals surface area contributed by atoms with Gasteiger partial charge in [0.2, 0.25) is 0 Å². The molecule has 0 aliphatic heterocycles. The van der Waals surface area contributed by atoms with Gasteiger partial charge in [-0.05, 0) is 36.6 Å². The van der Waals surface area contributed by atoms with Crippen molar-refractivity contribution >= 4 is 17.7 Å². The van der Waals surface area contributed by atoms with Gasteiger partial charge in [0, 0.05) is 11.1 Å². The molecular formula is C12H10N2O3S. The molecule has 0 amide bonds. The minimum absolute atomic E-state index is 0.0202. The quantitative estimate of drug-likeness (QED) is 0.854. The highest BCUT2D eigenvalue weighted by Gasteiger charge is 2.07. The molecule has 18 heavy (non-hydrogen) atoms. The van der Waals surface area contributed by atoms with Crippen LogP contribution in [-0.2, 0) is 0 Å².